The van der Waals surface area contributed by atoms with E-state index in [4.69, 9.17) is 16.3 Å². The van der Waals surface area contributed by atoms with Crippen molar-refractivity contribution < 1.29 is 22.3 Å². The van der Waals surface area contributed by atoms with Crippen molar-refractivity contribution >= 4 is 27.7 Å². The SMILES string of the molecule is C=CCC(CC)(CC)COc1cc(F)c(C(=O)NS(=O)(=O)N2CCC2)cc1Cl. The molecule has 9 heteroatoms. The van der Waals surface area contributed by atoms with Crippen molar-refractivity contribution in [2.75, 3.05) is 19.7 Å². The van der Waals surface area contributed by atoms with Crippen LogP contribution in [0.1, 0.15) is 49.9 Å². The Bertz CT molecular complexity index is 837. The van der Waals surface area contributed by atoms with E-state index in [-0.39, 0.29) is 16.2 Å². The number of nitrogens with one attached hydrogen (secondary N) is 1. The van der Waals surface area contributed by atoms with Gasteiger partial charge in [0.25, 0.3) is 5.91 Å². The van der Waals surface area contributed by atoms with Crippen LogP contribution in [0.2, 0.25) is 5.02 Å². The van der Waals surface area contributed by atoms with Crippen LogP contribution in [-0.2, 0) is 10.2 Å². The van der Waals surface area contributed by atoms with Gasteiger partial charge in [-0.1, -0.05) is 31.5 Å². The van der Waals surface area contributed by atoms with Gasteiger partial charge >= 0.3 is 10.2 Å². The van der Waals surface area contributed by atoms with E-state index in [1.807, 2.05) is 24.6 Å². The summed E-state index contributed by atoms with van der Waals surface area (Å²) in [5.74, 6) is -1.87. The molecule has 0 aromatic heterocycles. The summed E-state index contributed by atoms with van der Waals surface area (Å²) in [6.45, 7) is 8.85. The number of carbonyl (C=O) groups is 1. The van der Waals surface area contributed by atoms with Gasteiger partial charge in [-0.15, -0.1) is 6.58 Å². The smallest absolute Gasteiger partial charge is 0.304 e. The molecule has 1 saturated heterocycles. The Morgan fingerprint density at radius 1 is 1.39 bits per heavy atom. The average molecular weight is 433 g/mol. The molecule has 28 heavy (non-hydrogen) atoms. The summed E-state index contributed by atoms with van der Waals surface area (Å²) < 4.78 is 47.2. The fourth-order valence-corrected chi connectivity index (χ4v) is 4.35. The summed E-state index contributed by atoms with van der Waals surface area (Å²) in [7, 11) is -3.97. The zero-order chi connectivity index (χ0) is 20.9. The van der Waals surface area contributed by atoms with Crippen LogP contribution in [0.15, 0.2) is 24.8 Å². The van der Waals surface area contributed by atoms with E-state index in [2.05, 4.69) is 6.58 Å². The van der Waals surface area contributed by atoms with Crippen LogP contribution in [0.25, 0.3) is 0 Å². The number of nitrogens with zero attached hydrogens (tertiary/aromatic N) is 1. The van der Waals surface area contributed by atoms with Crippen molar-refractivity contribution in [2.24, 2.45) is 5.41 Å². The lowest BCUT2D eigenvalue weighted by Crippen LogP contribution is -2.49. The number of ether oxygens (including phenoxy) is 1. The fraction of sp³-hybridized carbons (Fsp3) is 0.526. The molecule has 0 spiro atoms. The molecule has 1 amide bonds. The number of halogens is 2. The zero-order valence-corrected chi connectivity index (χ0v) is 17.7. The number of benzene rings is 1. The van der Waals surface area contributed by atoms with Crippen molar-refractivity contribution in [3.8, 4) is 5.75 Å². The Labute approximate surface area is 170 Å². The first-order chi connectivity index (χ1) is 13.2. The van der Waals surface area contributed by atoms with Gasteiger partial charge in [-0.25, -0.2) is 9.11 Å². The third-order valence-corrected chi connectivity index (χ3v) is 7.04. The number of hydrogen-bond donors (Lipinski definition) is 1. The van der Waals surface area contributed by atoms with Crippen molar-refractivity contribution in [1.82, 2.24) is 9.03 Å². The first-order valence-electron chi connectivity index (χ1n) is 9.23. The van der Waals surface area contributed by atoms with Gasteiger partial charge in [0.05, 0.1) is 17.2 Å². The quantitative estimate of drug-likeness (QED) is 0.568. The molecule has 156 valence electrons. The summed E-state index contributed by atoms with van der Waals surface area (Å²) in [4.78, 5) is 12.2. The highest BCUT2D eigenvalue weighted by Gasteiger charge is 2.31. The summed E-state index contributed by atoms with van der Waals surface area (Å²) in [5.41, 5.74) is -0.590. The minimum absolute atomic E-state index is 0.0348. The molecule has 2 rings (SSSR count). The van der Waals surface area contributed by atoms with E-state index in [1.54, 1.807) is 0 Å². The predicted molar refractivity (Wildman–Crippen MR) is 107 cm³/mol. The van der Waals surface area contributed by atoms with E-state index >= 15 is 0 Å². The van der Waals surface area contributed by atoms with Gasteiger partial charge in [0.15, 0.2) is 0 Å². The molecule has 0 saturated carbocycles. The maximum atomic E-state index is 14.5. The second-order valence-electron chi connectivity index (χ2n) is 6.94. The highest BCUT2D eigenvalue weighted by molar-refractivity contribution is 7.87. The van der Waals surface area contributed by atoms with Crippen molar-refractivity contribution in [2.45, 2.75) is 39.5 Å². The van der Waals surface area contributed by atoms with Gasteiger partial charge in [0.1, 0.15) is 11.6 Å². The molecule has 0 aliphatic carbocycles. The molecule has 1 N–H and O–H groups in total. The summed E-state index contributed by atoms with van der Waals surface area (Å²) in [6.07, 6.45) is 5.00. The Morgan fingerprint density at radius 3 is 2.54 bits per heavy atom. The van der Waals surface area contributed by atoms with Crippen LogP contribution in [0.5, 0.6) is 5.75 Å². The van der Waals surface area contributed by atoms with Gasteiger partial charge in [0.2, 0.25) is 0 Å². The van der Waals surface area contributed by atoms with Crippen molar-refractivity contribution in [3.63, 3.8) is 0 Å². The molecule has 1 aliphatic rings. The topological polar surface area (TPSA) is 75.7 Å². The van der Waals surface area contributed by atoms with E-state index in [9.17, 15) is 17.6 Å². The molecule has 0 atom stereocenters. The summed E-state index contributed by atoms with van der Waals surface area (Å²) >= 11 is 6.16. The average Bonchev–Trinajstić information content (AvgIpc) is 2.58. The lowest BCUT2D eigenvalue weighted by molar-refractivity contribution is 0.0973. The minimum atomic E-state index is -3.97. The van der Waals surface area contributed by atoms with Gasteiger partial charge in [0, 0.05) is 24.6 Å². The lowest BCUT2D eigenvalue weighted by Gasteiger charge is -2.30. The van der Waals surface area contributed by atoms with E-state index < -0.39 is 27.5 Å². The first kappa shape index (κ1) is 22.6. The Hall–Kier alpha value is -1.64. The van der Waals surface area contributed by atoms with Crippen LogP contribution in [0.4, 0.5) is 4.39 Å². The van der Waals surface area contributed by atoms with Crippen molar-refractivity contribution in [1.29, 1.82) is 0 Å². The van der Waals surface area contributed by atoms with E-state index in [1.165, 1.54) is 0 Å². The molecule has 0 unspecified atom stereocenters. The number of allylic oxidation sites excluding steroid dienone is 1. The Kier molecular flexibility index (Phi) is 7.47. The van der Waals surface area contributed by atoms with Crippen LogP contribution in [0.3, 0.4) is 0 Å². The van der Waals surface area contributed by atoms with E-state index in [0.29, 0.717) is 19.7 Å². The van der Waals surface area contributed by atoms with Gasteiger partial charge < -0.3 is 4.74 Å². The molecule has 1 fully saturated rings. The number of carbonyl (C=O) groups excluding carboxylic acids is 1. The second kappa shape index (κ2) is 9.24. The first-order valence-corrected chi connectivity index (χ1v) is 11.0. The number of amides is 1. The van der Waals surface area contributed by atoms with Gasteiger partial charge in [-0.05, 0) is 31.7 Å². The fourth-order valence-electron chi connectivity index (χ4n) is 2.92. The molecule has 1 aromatic carbocycles. The largest absolute Gasteiger partial charge is 0.491 e. The molecule has 1 aromatic rings. The number of rotatable bonds is 10. The third-order valence-electron chi connectivity index (χ3n) is 5.25. The van der Waals surface area contributed by atoms with E-state index in [0.717, 1.165) is 42.1 Å². The maximum Gasteiger partial charge on any atom is 0.304 e. The predicted octanol–water partition coefficient (Wildman–Crippen LogP) is 3.92. The molecular weight excluding hydrogens is 407 g/mol. The summed E-state index contributed by atoms with van der Waals surface area (Å²) in [5, 5.41) is 0.0348. The standard InChI is InChI=1S/C19H26ClFN2O4S/c1-4-8-19(5-2,6-3)13-27-17-12-16(21)14(11-15(17)20)18(24)22-28(25,26)23-9-7-10-23/h4,11-12H,1,5-10,13H2,2-3H3,(H,22,24). The molecular formula is C19H26ClFN2O4S. The highest BCUT2D eigenvalue weighted by atomic mass is 35.5. The van der Waals surface area contributed by atoms with Crippen LogP contribution >= 0.6 is 11.6 Å². The zero-order valence-electron chi connectivity index (χ0n) is 16.1. The van der Waals surface area contributed by atoms with Crippen LogP contribution in [-0.4, -0.2) is 38.3 Å². The second-order valence-corrected chi connectivity index (χ2v) is 9.02. The van der Waals surface area contributed by atoms with Gasteiger partial charge in [-0.2, -0.15) is 12.7 Å². The maximum absolute atomic E-state index is 14.5. The van der Waals surface area contributed by atoms with Crippen molar-refractivity contribution in [3.05, 3.63) is 41.2 Å². The normalized spacial score (nSPS) is 15.0. The Balaban J connectivity index is 2.15. The molecule has 6 nitrogen and oxygen atoms in total. The number of hydrogen-bond acceptors (Lipinski definition) is 4. The van der Waals surface area contributed by atoms with Gasteiger partial charge in [-0.3, -0.25) is 4.79 Å². The molecule has 0 radical (unpaired) electrons. The van der Waals surface area contributed by atoms with Crippen LogP contribution < -0.4 is 9.46 Å². The third kappa shape index (κ3) is 5.04. The monoisotopic (exact) mass is 432 g/mol. The molecule has 0 bridgehead atoms. The summed E-state index contributed by atoms with van der Waals surface area (Å²) in [6, 6.07) is 2.09. The molecule has 1 aliphatic heterocycles. The van der Waals surface area contributed by atoms with Crippen LogP contribution in [0, 0.1) is 11.2 Å². The highest BCUT2D eigenvalue weighted by Crippen LogP contribution is 2.34. The minimum Gasteiger partial charge on any atom is -0.491 e. The molecule has 1 heterocycles. The Morgan fingerprint density at radius 2 is 2.04 bits per heavy atom. The lowest BCUT2D eigenvalue weighted by atomic mass is 9.80.